The van der Waals surface area contributed by atoms with Gasteiger partial charge < -0.3 is 0 Å². The smallest absolute Gasteiger partial charge is 0.185 e. The molecule has 0 aromatic rings. The van der Waals surface area contributed by atoms with Crippen molar-refractivity contribution in [2.45, 2.75) is 6.92 Å². The lowest BCUT2D eigenvalue weighted by Crippen LogP contribution is -2.04. The topological polar surface area (TPSA) is 48.5 Å². The average Bonchev–Trinajstić information content (AvgIpc) is 2.55. The normalized spacial score (nSPS) is 22.8. The molecule has 58 valence electrons. The zero-order valence-electron chi connectivity index (χ0n) is 6.61. The summed E-state index contributed by atoms with van der Waals surface area (Å²) in [5.74, 6) is 0.827. The third kappa shape index (κ3) is 1.38. The summed E-state index contributed by atoms with van der Waals surface area (Å²) >= 11 is 0. The number of hydrogen-bond acceptors (Lipinski definition) is 3. The van der Waals surface area contributed by atoms with Gasteiger partial charge in [-0.25, -0.2) is 0 Å². The molecule has 0 aromatic carbocycles. The second kappa shape index (κ2) is 2.97. The molecule has 0 saturated heterocycles. The summed E-state index contributed by atoms with van der Waals surface area (Å²) in [6.07, 6.45) is 5.20. The zero-order valence-corrected chi connectivity index (χ0v) is 7.43. The molecule has 1 atom stereocenters. The van der Waals surface area contributed by atoms with Gasteiger partial charge in [0.05, 0.1) is 0 Å². The van der Waals surface area contributed by atoms with Crippen LogP contribution in [0.5, 0.6) is 0 Å². The highest BCUT2D eigenvalue weighted by Crippen LogP contribution is 2.54. The van der Waals surface area contributed by atoms with Gasteiger partial charge >= 0.3 is 0 Å². The van der Waals surface area contributed by atoms with Gasteiger partial charge in [0.2, 0.25) is 0 Å². The quantitative estimate of drug-likeness (QED) is 0.455. The molecule has 1 heterocycles. The van der Waals surface area contributed by atoms with Crippen molar-refractivity contribution in [1.29, 1.82) is 5.26 Å². The maximum atomic E-state index is 8.86. The molecular formula is C7H10N3S+. The molecular weight excluding hydrogens is 158 g/mol. The van der Waals surface area contributed by atoms with Gasteiger partial charge in [-0.15, -0.1) is 0 Å². The van der Waals surface area contributed by atoms with Gasteiger partial charge in [-0.1, -0.05) is 16.9 Å². The van der Waals surface area contributed by atoms with Gasteiger partial charge in [-0.05, 0) is 16.3 Å². The Hall–Kier alpha value is -0.950. The predicted octanol–water partition coefficient (Wildman–Crippen LogP) is 1.52. The first-order valence-corrected chi connectivity index (χ1v) is 5.54. The van der Waals surface area contributed by atoms with Crippen LogP contribution in [0.4, 0.5) is 0 Å². The second-order valence-corrected chi connectivity index (χ2v) is 5.61. The van der Waals surface area contributed by atoms with Crippen LogP contribution in [0.25, 0.3) is 0 Å². The molecule has 1 aliphatic rings. The minimum Gasteiger partial charge on any atom is -0.185 e. The van der Waals surface area contributed by atoms with E-state index >= 15 is 0 Å². The highest BCUT2D eigenvalue weighted by atomic mass is 32.3. The molecule has 0 bridgehead atoms. The Morgan fingerprint density at radius 3 is 2.45 bits per heavy atom. The SMILES string of the molecule is CCS(C)(C#N)[C+]1N=CC=N1. The lowest BCUT2D eigenvalue weighted by Gasteiger charge is -2.20. The molecule has 0 saturated carbocycles. The summed E-state index contributed by atoms with van der Waals surface area (Å²) in [6, 6.07) is 0. The van der Waals surface area contributed by atoms with Crippen molar-refractivity contribution >= 4 is 22.5 Å². The summed E-state index contributed by atoms with van der Waals surface area (Å²) in [5, 5.41) is 11.2. The summed E-state index contributed by atoms with van der Waals surface area (Å²) < 4.78 is 0. The van der Waals surface area contributed by atoms with Crippen LogP contribution in [0.3, 0.4) is 0 Å². The summed E-state index contributed by atoms with van der Waals surface area (Å²) in [6.45, 7) is 1.99. The molecule has 0 amide bonds. The van der Waals surface area contributed by atoms with E-state index < -0.39 is 10.0 Å². The minimum absolute atomic E-state index is 0.711. The third-order valence-corrected chi connectivity index (χ3v) is 4.19. The highest BCUT2D eigenvalue weighted by Gasteiger charge is 2.35. The van der Waals surface area contributed by atoms with Crippen molar-refractivity contribution in [2.75, 3.05) is 12.0 Å². The fraction of sp³-hybridized carbons (Fsp3) is 0.429. The summed E-state index contributed by atoms with van der Waals surface area (Å²) in [5.41, 5.74) is 0.711. The molecule has 1 rings (SSSR count). The van der Waals surface area contributed by atoms with Crippen LogP contribution >= 0.6 is 10.0 Å². The highest BCUT2D eigenvalue weighted by molar-refractivity contribution is 8.39. The molecule has 1 aliphatic heterocycles. The van der Waals surface area contributed by atoms with Crippen LogP contribution < -0.4 is 0 Å². The third-order valence-electron chi connectivity index (χ3n) is 1.62. The fourth-order valence-electron chi connectivity index (χ4n) is 0.695. The van der Waals surface area contributed by atoms with Crippen LogP contribution in [-0.2, 0) is 0 Å². The molecule has 0 spiro atoms. The lowest BCUT2D eigenvalue weighted by molar-refractivity contribution is 1.21. The van der Waals surface area contributed by atoms with Gasteiger partial charge in [0, 0.05) is 5.75 Å². The van der Waals surface area contributed by atoms with E-state index in [0.29, 0.717) is 5.50 Å². The van der Waals surface area contributed by atoms with Crippen LogP contribution in [0.1, 0.15) is 6.92 Å². The van der Waals surface area contributed by atoms with Crippen molar-refractivity contribution in [3.63, 3.8) is 0 Å². The number of rotatable bonds is 2. The van der Waals surface area contributed by atoms with Gasteiger partial charge in [-0.2, -0.15) is 5.26 Å². The molecule has 0 aliphatic carbocycles. The first kappa shape index (κ1) is 8.15. The first-order chi connectivity index (χ1) is 5.23. The number of hydrogen-bond donors (Lipinski definition) is 0. The number of thiocyanates is 1. The van der Waals surface area contributed by atoms with Crippen molar-refractivity contribution in [3.8, 4) is 5.40 Å². The van der Waals surface area contributed by atoms with E-state index in [1.165, 1.54) is 0 Å². The molecule has 0 fully saturated rings. The molecule has 0 N–H and O–H groups in total. The van der Waals surface area contributed by atoms with Gasteiger partial charge in [0.1, 0.15) is 5.40 Å². The standard InChI is InChI=1S/C7H10N3S/c1-3-11(2,6-8)7-9-4-5-10-7/h4-5H,3H2,1-2H3/q+1. The van der Waals surface area contributed by atoms with Gasteiger partial charge in [0.15, 0.2) is 12.4 Å². The monoisotopic (exact) mass is 168 g/mol. The Labute approximate surface area is 68.2 Å². The Kier molecular flexibility index (Phi) is 2.20. The first-order valence-electron chi connectivity index (χ1n) is 3.33. The predicted molar refractivity (Wildman–Crippen MR) is 49.9 cm³/mol. The van der Waals surface area contributed by atoms with Crippen molar-refractivity contribution in [1.82, 2.24) is 0 Å². The van der Waals surface area contributed by atoms with E-state index in [1.807, 2.05) is 13.2 Å². The molecule has 11 heavy (non-hydrogen) atoms. The van der Waals surface area contributed by atoms with Gasteiger partial charge in [0.25, 0.3) is 5.50 Å². The second-order valence-electron chi connectivity index (χ2n) is 2.31. The number of aliphatic imine (C=N–C) groups is 2. The van der Waals surface area contributed by atoms with E-state index in [4.69, 9.17) is 5.26 Å². The average molecular weight is 168 g/mol. The largest absolute Gasteiger partial charge is 0.292 e. The number of nitrogens with zero attached hydrogens (tertiary/aromatic N) is 3. The van der Waals surface area contributed by atoms with Crippen molar-refractivity contribution < 1.29 is 0 Å². The van der Waals surface area contributed by atoms with E-state index in [9.17, 15) is 0 Å². The molecule has 0 aromatic heterocycles. The lowest BCUT2D eigenvalue weighted by atomic mass is 10.9. The molecule has 1 unspecified atom stereocenters. The van der Waals surface area contributed by atoms with Crippen LogP contribution in [-0.4, -0.2) is 24.4 Å². The van der Waals surface area contributed by atoms with E-state index in [-0.39, 0.29) is 0 Å². The minimum atomic E-state index is -1.37. The van der Waals surface area contributed by atoms with E-state index in [0.717, 1.165) is 5.75 Å². The maximum absolute atomic E-state index is 8.86. The van der Waals surface area contributed by atoms with Gasteiger partial charge in [-0.3, -0.25) is 0 Å². The Bertz CT molecular complexity index is 229. The Balaban J connectivity index is 2.79. The zero-order chi connectivity index (χ0) is 8.32. The molecule has 0 radical (unpaired) electrons. The van der Waals surface area contributed by atoms with Crippen molar-refractivity contribution in [2.24, 2.45) is 9.98 Å². The van der Waals surface area contributed by atoms with E-state index in [1.54, 1.807) is 12.4 Å². The van der Waals surface area contributed by atoms with Crippen molar-refractivity contribution in [3.05, 3.63) is 5.50 Å². The summed E-state index contributed by atoms with van der Waals surface area (Å²) in [7, 11) is -1.37. The van der Waals surface area contributed by atoms with E-state index in [2.05, 4.69) is 15.4 Å². The maximum Gasteiger partial charge on any atom is 0.292 e. The Morgan fingerprint density at radius 2 is 2.09 bits per heavy atom. The van der Waals surface area contributed by atoms with Crippen LogP contribution in [0.15, 0.2) is 9.98 Å². The molecule has 4 heteroatoms. The summed E-state index contributed by atoms with van der Waals surface area (Å²) in [4.78, 5) is 8.07. The Morgan fingerprint density at radius 1 is 1.55 bits per heavy atom. The fourth-order valence-corrected chi connectivity index (χ4v) is 1.75. The van der Waals surface area contributed by atoms with Crippen LogP contribution in [0, 0.1) is 16.2 Å². The van der Waals surface area contributed by atoms with Crippen LogP contribution in [0.2, 0.25) is 0 Å². The molecule has 3 nitrogen and oxygen atoms in total. The number of nitriles is 1.